The number of hydrogen-bond donors (Lipinski definition) is 3. The second-order valence-electron chi connectivity index (χ2n) is 5.32. The summed E-state index contributed by atoms with van der Waals surface area (Å²) in [6.07, 6.45) is 0.203. The Morgan fingerprint density at radius 2 is 2.28 bits per heavy atom. The average molecular weight is 363 g/mol. The second-order valence-corrected chi connectivity index (χ2v) is 6.56. The molecule has 0 saturated heterocycles. The summed E-state index contributed by atoms with van der Waals surface area (Å²) in [6.45, 7) is 1.52. The molecule has 132 valence electrons. The van der Waals surface area contributed by atoms with Gasteiger partial charge in [-0.15, -0.1) is 11.3 Å². The predicted octanol–water partition coefficient (Wildman–Crippen LogP) is 1.25. The third-order valence-electron chi connectivity index (χ3n) is 3.32. The van der Waals surface area contributed by atoms with Crippen molar-refractivity contribution in [3.05, 3.63) is 41.1 Å². The zero-order valence-corrected chi connectivity index (χ0v) is 14.2. The fourth-order valence-electron chi connectivity index (χ4n) is 2.10. The molecule has 0 radical (unpaired) electrons. The Labute approximate surface area is 147 Å². The van der Waals surface area contributed by atoms with Crippen LogP contribution in [0.2, 0.25) is 0 Å². The van der Waals surface area contributed by atoms with Crippen molar-refractivity contribution in [2.75, 3.05) is 13.2 Å². The van der Waals surface area contributed by atoms with Gasteiger partial charge >= 0.3 is 0 Å². The van der Waals surface area contributed by atoms with Gasteiger partial charge in [-0.2, -0.15) is 0 Å². The first kappa shape index (κ1) is 17.3. The van der Waals surface area contributed by atoms with Crippen LogP contribution in [-0.2, 0) is 6.61 Å². The highest BCUT2D eigenvalue weighted by Gasteiger charge is 2.14. The number of carbonyl (C=O) groups excluding carboxylic acids is 1. The number of amides is 1. The molecule has 3 N–H and O–H groups in total. The number of benzene rings is 1. The molecule has 0 aliphatic rings. The zero-order chi connectivity index (χ0) is 17.8. The van der Waals surface area contributed by atoms with Crippen LogP contribution < -0.4 is 10.1 Å². The molecule has 2 heterocycles. The number of aliphatic hydroxyl groups is 2. The number of fused-ring (bicyclic) bond motifs is 1. The van der Waals surface area contributed by atoms with Crippen LogP contribution in [0, 0.1) is 6.92 Å². The lowest BCUT2D eigenvalue weighted by Crippen LogP contribution is -2.34. The van der Waals surface area contributed by atoms with E-state index in [4.69, 9.17) is 14.3 Å². The molecule has 0 bridgehead atoms. The second kappa shape index (κ2) is 7.60. The van der Waals surface area contributed by atoms with Crippen LogP contribution >= 0.6 is 11.3 Å². The zero-order valence-electron chi connectivity index (χ0n) is 13.4. The van der Waals surface area contributed by atoms with Crippen molar-refractivity contribution in [1.29, 1.82) is 0 Å². The van der Waals surface area contributed by atoms with Crippen LogP contribution in [0.25, 0.3) is 10.2 Å². The fraction of sp³-hybridized carbons (Fsp3) is 0.312. The van der Waals surface area contributed by atoms with Crippen LogP contribution in [0.4, 0.5) is 0 Å². The fourth-order valence-corrected chi connectivity index (χ4v) is 2.91. The lowest BCUT2D eigenvalue weighted by atomic mass is 10.3. The smallest absolute Gasteiger partial charge is 0.273 e. The number of aromatic nitrogens is 2. The number of oxazole rings is 1. The van der Waals surface area contributed by atoms with Crippen LogP contribution in [0.1, 0.15) is 21.4 Å². The van der Waals surface area contributed by atoms with Crippen molar-refractivity contribution < 1.29 is 24.2 Å². The summed E-state index contributed by atoms with van der Waals surface area (Å²) in [7, 11) is 0. The van der Waals surface area contributed by atoms with E-state index in [2.05, 4.69) is 15.3 Å². The van der Waals surface area contributed by atoms with E-state index >= 15 is 0 Å². The molecular formula is C16H17N3O5S. The maximum Gasteiger partial charge on any atom is 0.273 e. The molecule has 3 rings (SSSR count). The van der Waals surface area contributed by atoms with Gasteiger partial charge in [0.2, 0.25) is 5.89 Å². The SMILES string of the molecule is Cc1nc2cc(OCc3nc(C(=O)NC[C@@H](O)CO)co3)ccc2s1. The highest BCUT2D eigenvalue weighted by Crippen LogP contribution is 2.25. The van der Waals surface area contributed by atoms with Gasteiger partial charge in [0.05, 0.1) is 27.9 Å². The first-order valence-electron chi connectivity index (χ1n) is 7.56. The third-order valence-corrected chi connectivity index (χ3v) is 4.27. The molecular weight excluding hydrogens is 346 g/mol. The van der Waals surface area contributed by atoms with Crippen molar-refractivity contribution in [2.45, 2.75) is 19.6 Å². The molecule has 0 spiro atoms. The number of rotatable bonds is 7. The standard InChI is InChI=1S/C16H17N3O5S/c1-9-18-12-4-11(2-3-14(12)25-9)23-8-15-19-13(7-24-15)16(22)17-5-10(21)6-20/h2-4,7,10,20-21H,5-6,8H2,1H3,(H,17,22)/t10-/m1/s1. The molecule has 25 heavy (non-hydrogen) atoms. The maximum atomic E-state index is 11.8. The molecule has 9 heteroatoms. The van der Waals surface area contributed by atoms with E-state index in [1.807, 2.05) is 25.1 Å². The van der Waals surface area contributed by atoms with Gasteiger partial charge in [-0.05, 0) is 19.1 Å². The van der Waals surface area contributed by atoms with Crippen molar-refractivity contribution >= 4 is 27.5 Å². The maximum absolute atomic E-state index is 11.8. The largest absolute Gasteiger partial charge is 0.484 e. The van der Waals surface area contributed by atoms with Gasteiger partial charge in [-0.1, -0.05) is 0 Å². The highest BCUT2D eigenvalue weighted by molar-refractivity contribution is 7.18. The van der Waals surface area contributed by atoms with Crippen LogP contribution in [0.5, 0.6) is 5.75 Å². The summed E-state index contributed by atoms with van der Waals surface area (Å²) < 4.78 is 11.9. The highest BCUT2D eigenvalue weighted by atomic mass is 32.1. The molecule has 0 aliphatic heterocycles. The van der Waals surface area contributed by atoms with Gasteiger partial charge in [0.25, 0.3) is 5.91 Å². The van der Waals surface area contributed by atoms with Gasteiger partial charge in [0.1, 0.15) is 12.0 Å². The van der Waals surface area contributed by atoms with E-state index in [0.717, 1.165) is 15.2 Å². The quantitative estimate of drug-likeness (QED) is 0.578. The molecule has 0 saturated carbocycles. The molecule has 1 amide bonds. The number of aryl methyl sites for hydroxylation is 1. The van der Waals surface area contributed by atoms with Crippen LogP contribution in [0.15, 0.2) is 28.9 Å². The Bertz CT molecular complexity index is 876. The number of carbonyl (C=O) groups is 1. The Morgan fingerprint density at radius 3 is 3.08 bits per heavy atom. The minimum atomic E-state index is -1.01. The Balaban J connectivity index is 1.58. The summed E-state index contributed by atoms with van der Waals surface area (Å²) in [4.78, 5) is 20.3. The lowest BCUT2D eigenvalue weighted by Gasteiger charge is -2.06. The number of ether oxygens (including phenoxy) is 1. The van der Waals surface area contributed by atoms with Gasteiger partial charge < -0.3 is 24.7 Å². The average Bonchev–Trinajstić information content (AvgIpc) is 3.22. The summed E-state index contributed by atoms with van der Waals surface area (Å²) in [6, 6.07) is 5.62. The molecule has 0 fully saturated rings. The van der Waals surface area contributed by atoms with Crippen molar-refractivity contribution in [3.63, 3.8) is 0 Å². The van der Waals surface area contributed by atoms with E-state index in [1.165, 1.54) is 6.26 Å². The number of hydrogen-bond acceptors (Lipinski definition) is 8. The molecule has 8 nitrogen and oxygen atoms in total. The monoisotopic (exact) mass is 363 g/mol. The van der Waals surface area contributed by atoms with Crippen molar-refractivity contribution in [3.8, 4) is 5.75 Å². The van der Waals surface area contributed by atoms with Gasteiger partial charge in [-0.3, -0.25) is 4.79 Å². The first-order chi connectivity index (χ1) is 12.0. The van der Waals surface area contributed by atoms with Gasteiger partial charge in [0, 0.05) is 12.6 Å². The van der Waals surface area contributed by atoms with E-state index in [-0.39, 0.29) is 24.7 Å². The summed E-state index contributed by atoms with van der Waals surface area (Å²) in [5.74, 6) is 0.386. The first-order valence-corrected chi connectivity index (χ1v) is 8.38. The topological polar surface area (TPSA) is 118 Å². The third kappa shape index (κ3) is 4.32. The van der Waals surface area contributed by atoms with Crippen molar-refractivity contribution in [2.24, 2.45) is 0 Å². The van der Waals surface area contributed by atoms with Crippen LogP contribution in [0.3, 0.4) is 0 Å². The predicted molar refractivity (Wildman–Crippen MR) is 90.6 cm³/mol. The lowest BCUT2D eigenvalue weighted by molar-refractivity contribution is 0.0798. The summed E-state index contributed by atoms with van der Waals surface area (Å²) >= 11 is 1.61. The Morgan fingerprint density at radius 1 is 1.44 bits per heavy atom. The van der Waals surface area contributed by atoms with E-state index in [9.17, 15) is 9.90 Å². The van der Waals surface area contributed by atoms with Gasteiger partial charge in [-0.25, -0.2) is 9.97 Å². The van der Waals surface area contributed by atoms with E-state index in [1.54, 1.807) is 11.3 Å². The molecule has 1 atom stereocenters. The minimum absolute atomic E-state index is 0.0684. The van der Waals surface area contributed by atoms with E-state index in [0.29, 0.717) is 5.75 Å². The normalized spacial score (nSPS) is 12.3. The van der Waals surface area contributed by atoms with E-state index < -0.39 is 18.6 Å². The molecule has 3 aromatic rings. The van der Waals surface area contributed by atoms with Crippen LogP contribution in [-0.4, -0.2) is 45.3 Å². The van der Waals surface area contributed by atoms with Gasteiger partial charge in [0.15, 0.2) is 12.3 Å². The summed E-state index contributed by atoms with van der Waals surface area (Å²) in [5.41, 5.74) is 0.948. The minimum Gasteiger partial charge on any atom is -0.484 e. The number of nitrogens with one attached hydrogen (secondary N) is 1. The number of nitrogens with zero attached hydrogens (tertiary/aromatic N) is 2. The molecule has 2 aromatic heterocycles. The Kier molecular flexibility index (Phi) is 5.27. The number of thiazole rings is 1. The molecule has 0 unspecified atom stereocenters. The molecule has 1 aromatic carbocycles. The van der Waals surface area contributed by atoms with Crippen molar-refractivity contribution in [1.82, 2.24) is 15.3 Å². The molecule has 0 aliphatic carbocycles. The number of aliphatic hydroxyl groups excluding tert-OH is 2. The Hall–Kier alpha value is -2.49. The summed E-state index contributed by atoms with van der Waals surface area (Å²) in [5, 5.41) is 21.4.